The van der Waals surface area contributed by atoms with Crippen LogP contribution in [0.3, 0.4) is 0 Å². The largest absolute Gasteiger partial charge is 0.478 e. The third-order valence-corrected chi connectivity index (χ3v) is 4.43. The van der Waals surface area contributed by atoms with E-state index in [2.05, 4.69) is 24.1 Å². The summed E-state index contributed by atoms with van der Waals surface area (Å²) in [5, 5.41) is 19.0. The summed E-state index contributed by atoms with van der Waals surface area (Å²) >= 11 is 0. The van der Waals surface area contributed by atoms with E-state index in [1.807, 2.05) is 0 Å². The lowest BCUT2D eigenvalue weighted by Gasteiger charge is -2.36. The zero-order valence-electron chi connectivity index (χ0n) is 17.2. The highest BCUT2D eigenvalue weighted by molar-refractivity contribution is 5.89. The van der Waals surface area contributed by atoms with E-state index in [0.29, 0.717) is 30.7 Å². The fraction of sp³-hybridized carbons (Fsp3) is 0.524. The summed E-state index contributed by atoms with van der Waals surface area (Å²) in [6.07, 6.45) is -1.03. The number of nitrogens with one attached hydrogen (secondary N) is 1. The van der Waals surface area contributed by atoms with Crippen molar-refractivity contribution >= 4 is 11.9 Å². The fourth-order valence-corrected chi connectivity index (χ4v) is 3.21. The van der Waals surface area contributed by atoms with Crippen molar-refractivity contribution in [1.29, 1.82) is 0 Å². The summed E-state index contributed by atoms with van der Waals surface area (Å²) in [5.41, 5.74) is 0.189. The smallest absolute Gasteiger partial charge is 0.416 e. The lowest BCUT2D eigenvalue weighted by Crippen LogP contribution is -2.44. The summed E-state index contributed by atoms with van der Waals surface area (Å²) in [7, 11) is 0. The van der Waals surface area contributed by atoms with Crippen molar-refractivity contribution in [2.24, 2.45) is 5.92 Å². The molecule has 0 aliphatic carbocycles. The lowest BCUT2D eigenvalue weighted by atomic mass is 10.0. The molecule has 0 atom stereocenters. The molecule has 0 unspecified atom stereocenters. The van der Waals surface area contributed by atoms with Gasteiger partial charge in [-0.2, -0.15) is 13.2 Å². The van der Waals surface area contributed by atoms with E-state index in [1.54, 1.807) is 6.07 Å². The third kappa shape index (κ3) is 10.4. The third-order valence-electron chi connectivity index (χ3n) is 4.43. The van der Waals surface area contributed by atoms with E-state index >= 15 is 0 Å². The van der Waals surface area contributed by atoms with Gasteiger partial charge in [-0.05, 0) is 43.5 Å². The van der Waals surface area contributed by atoms with Gasteiger partial charge in [0.2, 0.25) is 0 Å². The number of benzene rings is 1. The SMILES string of the molecule is CC(C)CN(Cc1cccc(C(F)(F)F)c1)C1CCNCC1.O=C(O)/C=C/C(=O)O. The van der Waals surface area contributed by atoms with Gasteiger partial charge in [0.15, 0.2) is 0 Å². The average Bonchev–Trinajstić information content (AvgIpc) is 2.66. The number of alkyl halides is 3. The number of carboxylic acid groups (broad SMARTS) is 2. The number of carboxylic acids is 2. The van der Waals surface area contributed by atoms with Gasteiger partial charge in [0, 0.05) is 31.3 Å². The monoisotopic (exact) mass is 430 g/mol. The molecule has 0 saturated carbocycles. The van der Waals surface area contributed by atoms with E-state index in [4.69, 9.17) is 10.2 Å². The highest BCUT2D eigenvalue weighted by Gasteiger charge is 2.30. The Morgan fingerprint density at radius 1 is 1.17 bits per heavy atom. The van der Waals surface area contributed by atoms with Crippen LogP contribution in [0.15, 0.2) is 36.4 Å². The Morgan fingerprint density at radius 2 is 1.73 bits per heavy atom. The van der Waals surface area contributed by atoms with Crippen molar-refractivity contribution in [2.75, 3.05) is 19.6 Å². The molecule has 1 heterocycles. The van der Waals surface area contributed by atoms with Crippen LogP contribution in [-0.4, -0.2) is 52.7 Å². The van der Waals surface area contributed by atoms with E-state index in [9.17, 15) is 22.8 Å². The van der Waals surface area contributed by atoms with Gasteiger partial charge in [-0.15, -0.1) is 0 Å². The molecular formula is C21H29F3N2O4. The summed E-state index contributed by atoms with van der Waals surface area (Å²) in [6.45, 7) is 7.79. The normalized spacial score (nSPS) is 15.3. The zero-order valence-corrected chi connectivity index (χ0v) is 17.2. The van der Waals surface area contributed by atoms with Crippen LogP contribution in [0.4, 0.5) is 13.2 Å². The molecule has 168 valence electrons. The van der Waals surface area contributed by atoms with Crippen LogP contribution in [0.1, 0.15) is 37.8 Å². The van der Waals surface area contributed by atoms with Crippen LogP contribution in [0, 0.1) is 5.92 Å². The van der Waals surface area contributed by atoms with Crippen LogP contribution in [0.5, 0.6) is 0 Å². The van der Waals surface area contributed by atoms with Crippen molar-refractivity contribution in [1.82, 2.24) is 10.2 Å². The molecule has 0 amide bonds. The van der Waals surface area contributed by atoms with Crippen LogP contribution in [0.25, 0.3) is 0 Å². The van der Waals surface area contributed by atoms with Crippen molar-refractivity contribution in [3.63, 3.8) is 0 Å². The summed E-state index contributed by atoms with van der Waals surface area (Å²) in [5.74, 6) is -2.01. The van der Waals surface area contributed by atoms with Gasteiger partial charge in [0.25, 0.3) is 0 Å². The number of aliphatic carboxylic acids is 2. The molecule has 2 rings (SSSR count). The van der Waals surface area contributed by atoms with Gasteiger partial charge >= 0.3 is 18.1 Å². The highest BCUT2D eigenvalue weighted by atomic mass is 19.4. The van der Waals surface area contributed by atoms with Crippen molar-refractivity contribution < 1.29 is 33.0 Å². The van der Waals surface area contributed by atoms with Gasteiger partial charge in [0.05, 0.1) is 5.56 Å². The first-order valence-corrected chi connectivity index (χ1v) is 9.74. The number of piperidine rings is 1. The fourth-order valence-electron chi connectivity index (χ4n) is 3.21. The second kappa shape index (κ2) is 12.3. The highest BCUT2D eigenvalue weighted by Crippen LogP contribution is 2.30. The number of carbonyl (C=O) groups is 2. The summed E-state index contributed by atoms with van der Waals surface area (Å²) in [6, 6.07) is 6.19. The minimum absolute atomic E-state index is 0.457. The molecular weight excluding hydrogens is 401 g/mol. The van der Waals surface area contributed by atoms with Crippen LogP contribution >= 0.6 is 0 Å². The summed E-state index contributed by atoms with van der Waals surface area (Å²) in [4.78, 5) is 21.5. The minimum Gasteiger partial charge on any atom is -0.478 e. The van der Waals surface area contributed by atoms with Crippen LogP contribution < -0.4 is 5.32 Å². The predicted molar refractivity (Wildman–Crippen MR) is 107 cm³/mol. The lowest BCUT2D eigenvalue weighted by molar-refractivity contribution is -0.137. The molecule has 0 bridgehead atoms. The zero-order chi connectivity index (χ0) is 22.7. The van der Waals surface area contributed by atoms with Crippen molar-refractivity contribution in [3.05, 3.63) is 47.5 Å². The molecule has 0 radical (unpaired) electrons. The van der Waals surface area contributed by atoms with Gasteiger partial charge in [0.1, 0.15) is 0 Å². The second-order valence-electron chi connectivity index (χ2n) is 7.51. The minimum atomic E-state index is -4.27. The van der Waals surface area contributed by atoms with Gasteiger partial charge < -0.3 is 15.5 Å². The Morgan fingerprint density at radius 3 is 2.20 bits per heavy atom. The second-order valence-corrected chi connectivity index (χ2v) is 7.51. The van der Waals surface area contributed by atoms with E-state index in [0.717, 1.165) is 44.1 Å². The maximum atomic E-state index is 12.8. The Bertz CT molecular complexity index is 698. The molecule has 1 saturated heterocycles. The molecule has 6 nitrogen and oxygen atoms in total. The molecule has 9 heteroatoms. The van der Waals surface area contributed by atoms with Crippen molar-refractivity contribution in [2.45, 2.75) is 45.5 Å². The van der Waals surface area contributed by atoms with E-state index in [1.165, 1.54) is 12.1 Å². The Balaban J connectivity index is 0.000000479. The number of hydrogen-bond acceptors (Lipinski definition) is 4. The average molecular weight is 430 g/mol. The molecule has 1 aromatic carbocycles. The molecule has 1 aliphatic heterocycles. The first-order valence-electron chi connectivity index (χ1n) is 9.74. The molecule has 3 N–H and O–H groups in total. The standard InChI is InChI=1S/C17H25F3N2.C4H4O4/c1-13(2)11-22(16-6-8-21-9-7-16)12-14-4-3-5-15(10-14)17(18,19)20;5-3(6)1-2-4(7)8/h3-5,10,13,16,21H,6-9,11-12H2,1-2H3;1-2H,(H,5,6)(H,7,8)/b;2-1+. The van der Waals surface area contributed by atoms with Crippen molar-refractivity contribution in [3.8, 4) is 0 Å². The molecule has 0 spiro atoms. The quantitative estimate of drug-likeness (QED) is 0.573. The Hall–Kier alpha value is -2.39. The van der Waals surface area contributed by atoms with Crippen LogP contribution in [-0.2, 0) is 22.3 Å². The molecule has 0 aromatic heterocycles. The first kappa shape index (κ1) is 25.6. The first-order chi connectivity index (χ1) is 14.0. The van der Waals surface area contributed by atoms with Gasteiger partial charge in [-0.25, -0.2) is 9.59 Å². The van der Waals surface area contributed by atoms with E-state index < -0.39 is 23.7 Å². The molecule has 1 fully saturated rings. The van der Waals surface area contributed by atoms with E-state index in [-0.39, 0.29) is 0 Å². The molecule has 1 aromatic rings. The number of nitrogens with zero attached hydrogens (tertiary/aromatic N) is 1. The summed E-state index contributed by atoms with van der Waals surface area (Å²) < 4.78 is 38.5. The number of rotatable bonds is 7. The molecule has 1 aliphatic rings. The topological polar surface area (TPSA) is 89.9 Å². The van der Waals surface area contributed by atoms with Gasteiger partial charge in [-0.1, -0.05) is 32.0 Å². The molecule has 30 heavy (non-hydrogen) atoms. The Kier molecular flexibility index (Phi) is 10.5. The maximum absolute atomic E-state index is 12.8. The maximum Gasteiger partial charge on any atom is 0.416 e. The predicted octanol–water partition coefficient (Wildman–Crippen LogP) is 3.63. The Labute approximate surface area is 174 Å². The number of hydrogen-bond donors (Lipinski definition) is 3. The van der Waals surface area contributed by atoms with Gasteiger partial charge in [-0.3, -0.25) is 4.90 Å². The van der Waals surface area contributed by atoms with Crippen LogP contribution in [0.2, 0.25) is 0 Å². The number of halogens is 3.